The second-order valence-corrected chi connectivity index (χ2v) is 4.95. The number of nitrogens with one attached hydrogen (secondary N) is 2. The number of hydrogen-bond donors (Lipinski definition) is 2. The minimum absolute atomic E-state index is 0.0174. The van der Waals surface area contributed by atoms with Crippen molar-refractivity contribution in [3.63, 3.8) is 0 Å². The molecule has 110 valence electrons. The van der Waals surface area contributed by atoms with Gasteiger partial charge >= 0.3 is 0 Å². The predicted octanol–water partition coefficient (Wildman–Crippen LogP) is 3.76. The van der Waals surface area contributed by atoms with Gasteiger partial charge in [-0.05, 0) is 37.6 Å². The number of hydrogen-bond acceptors (Lipinski definition) is 3. The smallest absolute Gasteiger partial charge is 0.267 e. The van der Waals surface area contributed by atoms with Crippen LogP contribution in [0, 0.1) is 25.2 Å². The topological polar surface area (TPSA) is 64.9 Å². The molecule has 2 N–H and O–H groups in total. The summed E-state index contributed by atoms with van der Waals surface area (Å²) >= 11 is 0. The summed E-state index contributed by atoms with van der Waals surface area (Å²) in [5.41, 5.74) is 3.75. The molecule has 1 amide bonds. The van der Waals surface area contributed by atoms with Crippen LogP contribution in [0.3, 0.4) is 0 Å². The summed E-state index contributed by atoms with van der Waals surface area (Å²) in [7, 11) is 0. The lowest BCUT2D eigenvalue weighted by atomic mass is 10.1. The van der Waals surface area contributed by atoms with E-state index in [9.17, 15) is 4.79 Å². The van der Waals surface area contributed by atoms with Gasteiger partial charge in [0.25, 0.3) is 5.91 Å². The van der Waals surface area contributed by atoms with Crippen molar-refractivity contribution in [1.82, 2.24) is 0 Å². The Balaban J connectivity index is 2.10. The van der Waals surface area contributed by atoms with E-state index in [1.54, 1.807) is 12.1 Å². The van der Waals surface area contributed by atoms with Gasteiger partial charge in [-0.25, -0.2) is 0 Å². The van der Waals surface area contributed by atoms with Crippen LogP contribution in [-0.2, 0) is 4.79 Å². The fourth-order valence-electron chi connectivity index (χ4n) is 1.99. The van der Waals surface area contributed by atoms with E-state index in [-0.39, 0.29) is 5.57 Å². The highest BCUT2D eigenvalue weighted by atomic mass is 16.1. The van der Waals surface area contributed by atoms with E-state index in [0.717, 1.165) is 16.8 Å². The molecule has 0 fully saturated rings. The number of carbonyl (C=O) groups excluding carboxylic acids is 1. The Hall–Kier alpha value is -3.06. The molecule has 2 aromatic carbocycles. The largest absolute Gasteiger partial charge is 0.360 e. The first kappa shape index (κ1) is 15.3. The second-order valence-electron chi connectivity index (χ2n) is 4.95. The van der Waals surface area contributed by atoms with Crippen LogP contribution in [0.1, 0.15) is 11.1 Å². The summed E-state index contributed by atoms with van der Waals surface area (Å²) in [6.45, 7) is 3.99. The number of carbonyl (C=O) groups is 1. The molecule has 2 aromatic rings. The first-order chi connectivity index (χ1) is 10.6. The Morgan fingerprint density at radius 3 is 2.50 bits per heavy atom. The maximum Gasteiger partial charge on any atom is 0.267 e. The predicted molar refractivity (Wildman–Crippen MR) is 88.3 cm³/mol. The average Bonchev–Trinajstić information content (AvgIpc) is 2.50. The van der Waals surface area contributed by atoms with Gasteiger partial charge < -0.3 is 10.6 Å². The van der Waals surface area contributed by atoms with Crippen molar-refractivity contribution in [2.75, 3.05) is 10.6 Å². The molecule has 0 radical (unpaired) electrons. The summed E-state index contributed by atoms with van der Waals surface area (Å²) in [5, 5.41) is 14.8. The summed E-state index contributed by atoms with van der Waals surface area (Å²) < 4.78 is 0. The van der Waals surface area contributed by atoms with Gasteiger partial charge in [0.2, 0.25) is 0 Å². The van der Waals surface area contributed by atoms with Crippen molar-refractivity contribution in [3.05, 3.63) is 71.4 Å². The normalized spacial score (nSPS) is 10.7. The number of nitriles is 1. The minimum atomic E-state index is -0.439. The van der Waals surface area contributed by atoms with E-state index in [1.165, 1.54) is 6.20 Å². The zero-order chi connectivity index (χ0) is 15.9. The van der Waals surface area contributed by atoms with Gasteiger partial charge in [-0.2, -0.15) is 5.26 Å². The number of rotatable bonds is 4. The first-order valence-corrected chi connectivity index (χ1v) is 6.90. The fourth-order valence-corrected chi connectivity index (χ4v) is 1.99. The number of amides is 1. The first-order valence-electron chi connectivity index (χ1n) is 6.90. The second kappa shape index (κ2) is 7.09. The zero-order valence-corrected chi connectivity index (χ0v) is 12.6. The minimum Gasteiger partial charge on any atom is -0.360 e. The van der Waals surface area contributed by atoms with Gasteiger partial charge in [-0.3, -0.25) is 4.79 Å². The summed E-state index contributed by atoms with van der Waals surface area (Å²) in [6.07, 6.45) is 1.43. The molecule has 4 nitrogen and oxygen atoms in total. The molecule has 0 unspecified atom stereocenters. The van der Waals surface area contributed by atoms with E-state index in [1.807, 2.05) is 56.3 Å². The highest BCUT2D eigenvalue weighted by Crippen LogP contribution is 2.16. The molecule has 2 rings (SSSR count). The molecule has 0 aliphatic rings. The van der Waals surface area contributed by atoms with Crippen molar-refractivity contribution in [2.45, 2.75) is 13.8 Å². The van der Waals surface area contributed by atoms with Crippen LogP contribution >= 0.6 is 0 Å². The quantitative estimate of drug-likeness (QED) is 0.666. The molecule has 0 aliphatic carbocycles. The molecule has 0 aromatic heterocycles. The van der Waals surface area contributed by atoms with Crippen LogP contribution in [0.2, 0.25) is 0 Å². The van der Waals surface area contributed by atoms with Gasteiger partial charge in [0.1, 0.15) is 11.6 Å². The van der Waals surface area contributed by atoms with Crippen molar-refractivity contribution in [2.24, 2.45) is 0 Å². The Kier molecular flexibility index (Phi) is 4.94. The molecule has 0 atom stereocenters. The van der Waals surface area contributed by atoms with Gasteiger partial charge in [0.15, 0.2) is 0 Å². The highest BCUT2D eigenvalue weighted by molar-refractivity contribution is 6.06. The summed E-state index contributed by atoms with van der Waals surface area (Å²) in [5.74, 6) is -0.439. The molecule has 0 heterocycles. The van der Waals surface area contributed by atoms with Crippen LogP contribution in [0.25, 0.3) is 0 Å². The van der Waals surface area contributed by atoms with E-state index in [2.05, 4.69) is 10.6 Å². The van der Waals surface area contributed by atoms with Crippen molar-refractivity contribution in [1.29, 1.82) is 5.26 Å². The van der Waals surface area contributed by atoms with Crippen LogP contribution < -0.4 is 10.6 Å². The molecule has 0 spiro atoms. The highest BCUT2D eigenvalue weighted by Gasteiger charge is 2.09. The van der Waals surface area contributed by atoms with Crippen LogP contribution in [0.4, 0.5) is 11.4 Å². The summed E-state index contributed by atoms with van der Waals surface area (Å²) in [4.78, 5) is 12.1. The molecular weight excluding hydrogens is 274 g/mol. The molecule has 4 heteroatoms. The Morgan fingerprint density at radius 2 is 1.86 bits per heavy atom. The number of anilines is 2. The van der Waals surface area contributed by atoms with Crippen molar-refractivity contribution < 1.29 is 4.79 Å². The third-order valence-electron chi connectivity index (χ3n) is 3.15. The number of benzene rings is 2. The molecule has 0 saturated heterocycles. The van der Waals surface area contributed by atoms with E-state index in [4.69, 9.17) is 5.26 Å². The molecule has 0 aliphatic heterocycles. The Labute approximate surface area is 130 Å². The van der Waals surface area contributed by atoms with Gasteiger partial charge in [0.05, 0.1) is 0 Å². The fraction of sp³-hybridized carbons (Fsp3) is 0.111. The van der Waals surface area contributed by atoms with Crippen LogP contribution in [-0.4, -0.2) is 5.91 Å². The average molecular weight is 291 g/mol. The monoisotopic (exact) mass is 291 g/mol. The van der Waals surface area contributed by atoms with Crippen molar-refractivity contribution >= 4 is 17.3 Å². The van der Waals surface area contributed by atoms with Crippen LogP contribution in [0.15, 0.2) is 60.3 Å². The maximum atomic E-state index is 12.1. The molecule has 0 bridgehead atoms. The van der Waals surface area contributed by atoms with Gasteiger partial charge in [-0.1, -0.05) is 35.9 Å². The van der Waals surface area contributed by atoms with Gasteiger partial charge in [0, 0.05) is 17.6 Å². The molecule has 0 saturated carbocycles. The van der Waals surface area contributed by atoms with E-state index in [0.29, 0.717) is 5.69 Å². The lowest BCUT2D eigenvalue weighted by Crippen LogP contribution is -2.14. The number of para-hydroxylation sites is 1. The Bertz CT molecular complexity index is 743. The number of aryl methyl sites for hydroxylation is 2. The van der Waals surface area contributed by atoms with Gasteiger partial charge in [-0.15, -0.1) is 0 Å². The van der Waals surface area contributed by atoms with Crippen molar-refractivity contribution in [3.8, 4) is 6.07 Å². The lowest BCUT2D eigenvalue weighted by molar-refractivity contribution is -0.112. The van der Waals surface area contributed by atoms with Crippen LogP contribution in [0.5, 0.6) is 0 Å². The maximum absolute atomic E-state index is 12.1. The number of nitrogens with zero attached hydrogens (tertiary/aromatic N) is 1. The zero-order valence-electron chi connectivity index (χ0n) is 12.6. The Morgan fingerprint density at radius 1 is 1.14 bits per heavy atom. The third-order valence-corrected chi connectivity index (χ3v) is 3.15. The van der Waals surface area contributed by atoms with E-state index >= 15 is 0 Å². The van der Waals surface area contributed by atoms with E-state index < -0.39 is 5.91 Å². The standard InChI is InChI=1S/C18H17N3O/c1-13-8-9-17(14(2)10-13)20-12-15(11-19)18(22)21-16-6-4-3-5-7-16/h3-10,12,20H,1-2H3,(H,21,22)/b15-12+. The SMILES string of the molecule is Cc1ccc(N/C=C(\C#N)C(=O)Nc2ccccc2)c(C)c1. The molecule has 22 heavy (non-hydrogen) atoms. The summed E-state index contributed by atoms with van der Waals surface area (Å²) in [6, 6.07) is 16.9. The molecular formula is C18H17N3O. The third kappa shape index (κ3) is 3.97. The lowest BCUT2D eigenvalue weighted by Gasteiger charge is -2.08.